The van der Waals surface area contributed by atoms with Gasteiger partial charge < -0.3 is 5.32 Å². The molecule has 0 fully saturated rings. The van der Waals surface area contributed by atoms with Crippen molar-refractivity contribution in [2.24, 2.45) is 0 Å². The van der Waals surface area contributed by atoms with Crippen molar-refractivity contribution in [1.29, 1.82) is 0 Å². The number of hydrogen-bond donors (Lipinski definition) is 1. The number of carbonyl (C=O) groups excluding carboxylic acids is 1. The fraction of sp³-hybridized carbons (Fsp3) is 0.350. The highest BCUT2D eigenvalue weighted by Gasteiger charge is 2.35. The maximum atomic E-state index is 12.9. The fourth-order valence-electron chi connectivity index (χ4n) is 3.15. The normalized spacial score (nSPS) is 12.8. The highest BCUT2D eigenvalue weighted by molar-refractivity contribution is 5.94. The molecule has 3 rings (SSSR count). The minimum Gasteiger partial charge on any atom is -0.321 e. The van der Waals surface area contributed by atoms with Gasteiger partial charge in [0, 0.05) is 5.69 Å². The van der Waals surface area contributed by atoms with Crippen molar-refractivity contribution in [3.8, 4) is 0 Å². The third kappa shape index (κ3) is 4.33. The molecule has 0 radical (unpaired) electrons. The summed E-state index contributed by atoms with van der Waals surface area (Å²) in [7, 11) is 0. The Morgan fingerprint density at radius 3 is 2.38 bits per heavy atom. The molecule has 1 N–H and O–H groups in total. The molecule has 1 unspecified atom stereocenters. The van der Waals surface area contributed by atoms with Crippen LogP contribution in [0.3, 0.4) is 0 Å². The summed E-state index contributed by atoms with van der Waals surface area (Å²) in [5, 5.41) is 10.8. The molecule has 2 heterocycles. The number of anilines is 1. The number of alkyl halides is 3. The van der Waals surface area contributed by atoms with Crippen LogP contribution in [0.5, 0.6) is 0 Å². The first kappa shape index (κ1) is 20.6. The van der Waals surface area contributed by atoms with E-state index in [1.807, 2.05) is 37.3 Å². The molecular formula is C20H22F3N5O. The van der Waals surface area contributed by atoms with Gasteiger partial charge in [-0.3, -0.25) is 14.2 Å². The van der Waals surface area contributed by atoms with E-state index in [4.69, 9.17) is 0 Å². The first-order chi connectivity index (χ1) is 13.6. The predicted octanol–water partition coefficient (Wildman–Crippen LogP) is 4.27. The molecular weight excluding hydrogens is 383 g/mol. The van der Waals surface area contributed by atoms with E-state index in [1.54, 1.807) is 11.6 Å². The van der Waals surface area contributed by atoms with Gasteiger partial charge in [0.05, 0.1) is 23.6 Å². The summed E-state index contributed by atoms with van der Waals surface area (Å²) in [4.78, 5) is 12.7. The molecule has 0 spiro atoms. The van der Waals surface area contributed by atoms with Crippen molar-refractivity contribution < 1.29 is 18.0 Å². The van der Waals surface area contributed by atoms with E-state index in [0.717, 1.165) is 22.0 Å². The van der Waals surface area contributed by atoms with Gasteiger partial charge >= 0.3 is 6.18 Å². The minimum atomic E-state index is -4.56. The summed E-state index contributed by atoms with van der Waals surface area (Å²) in [5.74, 6) is -0.463. The lowest BCUT2D eigenvalue weighted by Crippen LogP contribution is -2.26. The zero-order valence-corrected chi connectivity index (χ0v) is 16.6. The lowest BCUT2D eigenvalue weighted by molar-refractivity contribution is -0.141. The molecule has 0 saturated carbocycles. The number of carbonyl (C=O) groups is 1. The summed E-state index contributed by atoms with van der Waals surface area (Å²) < 4.78 is 41.5. The topological polar surface area (TPSA) is 64.7 Å². The lowest BCUT2D eigenvalue weighted by Gasteiger charge is -2.15. The Balaban J connectivity index is 1.79. The third-order valence-electron chi connectivity index (χ3n) is 4.76. The van der Waals surface area contributed by atoms with Gasteiger partial charge in [0.25, 0.3) is 0 Å². The van der Waals surface area contributed by atoms with E-state index < -0.39 is 23.8 Å². The van der Waals surface area contributed by atoms with Crippen molar-refractivity contribution >= 4 is 11.6 Å². The second kappa shape index (κ2) is 7.73. The van der Waals surface area contributed by atoms with Gasteiger partial charge in [0.15, 0.2) is 5.69 Å². The molecule has 1 atom stereocenters. The molecule has 9 heteroatoms. The van der Waals surface area contributed by atoms with E-state index in [0.29, 0.717) is 17.9 Å². The van der Waals surface area contributed by atoms with Crippen molar-refractivity contribution in [2.45, 2.75) is 46.5 Å². The Kier molecular flexibility index (Phi) is 5.50. The van der Waals surface area contributed by atoms with Crippen LogP contribution >= 0.6 is 0 Å². The zero-order valence-electron chi connectivity index (χ0n) is 16.6. The minimum absolute atomic E-state index is 0.258. The summed E-state index contributed by atoms with van der Waals surface area (Å²) >= 11 is 0. The van der Waals surface area contributed by atoms with Crippen LogP contribution in [0, 0.1) is 20.8 Å². The van der Waals surface area contributed by atoms with Crippen molar-refractivity contribution in [2.75, 3.05) is 5.32 Å². The first-order valence-corrected chi connectivity index (χ1v) is 9.10. The molecule has 0 bridgehead atoms. The first-order valence-electron chi connectivity index (χ1n) is 9.10. The van der Waals surface area contributed by atoms with Crippen molar-refractivity contribution in [1.82, 2.24) is 19.6 Å². The van der Waals surface area contributed by atoms with Gasteiger partial charge in [0.2, 0.25) is 5.91 Å². The smallest absolute Gasteiger partial charge is 0.321 e. The Morgan fingerprint density at radius 1 is 1.14 bits per heavy atom. The molecule has 3 aromatic rings. The Hall–Kier alpha value is -3.10. The Morgan fingerprint density at radius 2 is 1.79 bits per heavy atom. The highest BCUT2D eigenvalue weighted by atomic mass is 19.4. The van der Waals surface area contributed by atoms with Crippen LogP contribution in [-0.2, 0) is 17.5 Å². The third-order valence-corrected chi connectivity index (χ3v) is 4.76. The Bertz CT molecular complexity index is 1020. The highest BCUT2D eigenvalue weighted by Crippen LogP contribution is 2.29. The number of rotatable bonds is 5. The standard InChI is InChI=1S/C20H22F3N5O/c1-12-10-17(20(21,22)23)26-28(12)15(4)19(29)24-18-13(2)25-27(14(18)3)11-16-8-6-5-7-9-16/h5-10,15H,11H2,1-4H3,(H,24,29). The maximum Gasteiger partial charge on any atom is 0.435 e. The molecule has 2 aromatic heterocycles. The number of aryl methyl sites for hydroxylation is 2. The molecule has 29 heavy (non-hydrogen) atoms. The van der Waals surface area contributed by atoms with E-state index in [-0.39, 0.29) is 5.69 Å². The number of halogens is 3. The number of amides is 1. The van der Waals surface area contributed by atoms with E-state index >= 15 is 0 Å². The molecule has 0 aliphatic carbocycles. The molecule has 1 amide bonds. The van der Waals surface area contributed by atoms with Crippen LogP contribution in [-0.4, -0.2) is 25.5 Å². The molecule has 6 nitrogen and oxygen atoms in total. The van der Waals surface area contributed by atoms with Crippen LogP contribution in [0.15, 0.2) is 36.4 Å². The molecule has 0 saturated heterocycles. The summed E-state index contributed by atoms with van der Waals surface area (Å²) in [5.41, 5.74) is 2.26. The van der Waals surface area contributed by atoms with Gasteiger partial charge in [-0.05, 0) is 39.3 Å². The average molecular weight is 405 g/mol. The van der Waals surface area contributed by atoms with Crippen molar-refractivity contribution in [3.05, 3.63) is 64.7 Å². The maximum absolute atomic E-state index is 12.9. The van der Waals surface area contributed by atoms with E-state index in [2.05, 4.69) is 15.5 Å². The quantitative estimate of drug-likeness (QED) is 0.689. The number of aromatic nitrogens is 4. The van der Waals surface area contributed by atoms with Gasteiger partial charge in [-0.2, -0.15) is 23.4 Å². The van der Waals surface area contributed by atoms with Crippen molar-refractivity contribution in [3.63, 3.8) is 0 Å². The molecule has 1 aromatic carbocycles. The second-order valence-electron chi connectivity index (χ2n) is 6.97. The predicted molar refractivity (Wildman–Crippen MR) is 103 cm³/mol. The largest absolute Gasteiger partial charge is 0.435 e. The van der Waals surface area contributed by atoms with Crippen LogP contribution < -0.4 is 5.32 Å². The van der Waals surface area contributed by atoms with Crippen LogP contribution in [0.4, 0.5) is 18.9 Å². The number of nitrogens with one attached hydrogen (secondary N) is 1. The molecule has 0 aliphatic rings. The number of benzene rings is 1. The van der Waals surface area contributed by atoms with E-state index in [9.17, 15) is 18.0 Å². The number of nitrogens with zero attached hydrogens (tertiary/aromatic N) is 4. The summed E-state index contributed by atoms with van der Waals surface area (Å²) in [6.45, 7) is 7.15. The SMILES string of the molecule is Cc1nn(Cc2ccccc2)c(C)c1NC(=O)C(C)n1nc(C(F)(F)F)cc1C. The van der Waals surface area contributed by atoms with Crippen LogP contribution in [0.2, 0.25) is 0 Å². The van der Waals surface area contributed by atoms with Gasteiger partial charge in [-0.1, -0.05) is 30.3 Å². The van der Waals surface area contributed by atoms with Crippen LogP contribution in [0.25, 0.3) is 0 Å². The second-order valence-corrected chi connectivity index (χ2v) is 6.97. The van der Waals surface area contributed by atoms with Gasteiger partial charge in [-0.15, -0.1) is 0 Å². The fourth-order valence-corrected chi connectivity index (χ4v) is 3.15. The average Bonchev–Trinajstić information content (AvgIpc) is 3.17. The van der Waals surface area contributed by atoms with Gasteiger partial charge in [0.1, 0.15) is 6.04 Å². The molecule has 0 aliphatic heterocycles. The Labute approximate surface area is 166 Å². The molecule has 154 valence electrons. The number of hydrogen-bond acceptors (Lipinski definition) is 3. The zero-order chi connectivity index (χ0) is 21.3. The summed E-state index contributed by atoms with van der Waals surface area (Å²) in [6, 6.07) is 9.78. The van der Waals surface area contributed by atoms with Gasteiger partial charge in [-0.25, -0.2) is 0 Å². The lowest BCUT2D eigenvalue weighted by atomic mass is 10.2. The van der Waals surface area contributed by atoms with Crippen LogP contribution in [0.1, 0.15) is 41.3 Å². The summed E-state index contributed by atoms with van der Waals surface area (Å²) in [6.07, 6.45) is -4.56. The monoisotopic (exact) mass is 405 g/mol. The van der Waals surface area contributed by atoms with E-state index in [1.165, 1.54) is 13.8 Å².